The third-order valence-electron chi connectivity index (χ3n) is 7.25. The Balaban J connectivity index is 1.50. The molecule has 0 radical (unpaired) electrons. The summed E-state index contributed by atoms with van der Waals surface area (Å²) in [6, 6.07) is 8.79. The number of nitrogens with one attached hydrogen (secondary N) is 1. The molecular formula is C28H24Cl3F2N3O4S. The van der Waals surface area contributed by atoms with Crippen LogP contribution < -0.4 is 10.5 Å². The van der Waals surface area contributed by atoms with E-state index in [1.807, 2.05) is 18.8 Å². The number of aromatic amines is 1. The molecule has 2 aliphatic heterocycles. The molecule has 41 heavy (non-hydrogen) atoms. The second-order valence-corrected chi connectivity index (χ2v) is 13.0. The van der Waals surface area contributed by atoms with Gasteiger partial charge in [0.25, 0.3) is 11.5 Å². The van der Waals surface area contributed by atoms with Crippen LogP contribution in [0.1, 0.15) is 53.9 Å². The molecule has 2 amide bonds. The van der Waals surface area contributed by atoms with Crippen molar-refractivity contribution in [3.05, 3.63) is 79.2 Å². The number of aromatic hydroxyl groups is 1. The third kappa shape index (κ3) is 5.67. The van der Waals surface area contributed by atoms with Crippen LogP contribution in [-0.4, -0.2) is 33.3 Å². The number of rotatable bonds is 5. The van der Waals surface area contributed by atoms with E-state index >= 15 is 0 Å². The maximum Gasteiger partial charge on any atom is 0.362 e. The molecule has 3 aromatic rings. The van der Waals surface area contributed by atoms with Crippen LogP contribution >= 0.6 is 46.6 Å². The molecule has 1 fully saturated rings. The minimum Gasteiger partial charge on any atom is -0.506 e. The molecule has 0 unspecified atom stereocenters. The first-order valence-electron chi connectivity index (χ1n) is 12.6. The lowest BCUT2D eigenvalue weighted by atomic mass is 9.83. The molecule has 0 bridgehead atoms. The van der Waals surface area contributed by atoms with Gasteiger partial charge < -0.3 is 19.9 Å². The van der Waals surface area contributed by atoms with Gasteiger partial charge in [0, 0.05) is 34.8 Å². The molecule has 2 N–H and O–H groups in total. The van der Waals surface area contributed by atoms with Gasteiger partial charge in [-0.3, -0.25) is 14.4 Å². The van der Waals surface area contributed by atoms with Gasteiger partial charge in [-0.1, -0.05) is 54.9 Å². The molecule has 216 valence electrons. The Morgan fingerprint density at radius 2 is 1.73 bits per heavy atom. The standard InChI is InChI=1S/C28H24Cl3F2N3O4S/c1-27(2)7-4-8-36(26(27)40)18-9-14-12-35(13-15(14)10-19(18)37)25(39)22-20(11-21(28(31,32)33)34-24(22)38)41-23-16(29)5-3-6-17(23)30/h3,5-6,9-11,37H,4,7-8,12-13H2,1-2H3,(H,34,38). The van der Waals surface area contributed by atoms with Gasteiger partial charge in [0.15, 0.2) is 0 Å². The fourth-order valence-electron chi connectivity index (χ4n) is 5.09. The number of piperidine rings is 1. The number of anilines is 1. The van der Waals surface area contributed by atoms with E-state index in [0.29, 0.717) is 23.4 Å². The van der Waals surface area contributed by atoms with Gasteiger partial charge >= 0.3 is 5.38 Å². The quantitative estimate of drug-likeness (QED) is 0.289. The van der Waals surface area contributed by atoms with Gasteiger partial charge in [0.1, 0.15) is 17.0 Å². The number of alkyl halides is 3. The zero-order valence-corrected chi connectivity index (χ0v) is 24.9. The van der Waals surface area contributed by atoms with Crippen LogP contribution in [0.25, 0.3) is 0 Å². The number of benzene rings is 2. The number of aromatic nitrogens is 1. The smallest absolute Gasteiger partial charge is 0.362 e. The topological polar surface area (TPSA) is 93.7 Å². The average molecular weight is 643 g/mol. The largest absolute Gasteiger partial charge is 0.506 e. The first-order chi connectivity index (χ1) is 19.2. The summed E-state index contributed by atoms with van der Waals surface area (Å²) in [6.07, 6.45) is 1.51. The van der Waals surface area contributed by atoms with Crippen LogP contribution in [0, 0.1) is 5.41 Å². The molecule has 5 rings (SSSR count). The van der Waals surface area contributed by atoms with Gasteiger partial charge in [0.2, 0.25) is 5.91 Å². The molecule has 2 aromatic carbocycles. The van der Waals surface area contributed by atoms with Crippen molar-refractivity contribution < 1.29 is 23.5 Å². The zero-order valence-electron chi connectivity index (χ0n) is 21.9. The predicted molar refractivity (Wildman–Crippen MR) is 154 cm³/mol. The average Bonchev–Trinajstić information content (AvgIpc) is 3.29. The van der Waals surface area contributed by atoms with Crippen LogP contribution in [-0.2, 0) is 23.3 Å². The van der Waals surface area contributed by atoms with Gasteiger partial charge in [-0.25, -0.2) is 0 Å². The van der Waals surface area contributed by atoms with Gasteiger partial charge in [-0.05, 0) is 65.9 Å². The number of halogens is 5. The number of hydrogen-bond acceptors (Lipinski definition) is 5. The molecule has 2 aliphatic rings. The SMILES string of the molecule is CC1(C)CCCN(c2cc3c(cc2O)CN(C(=O)c2c(Sc4c(Cl)cccc4Cl)cc(C(F)(F)Cl)[nH]c2=O)C3)C1=O. The number of hydrogen-bond donors (Lipinski definition) is 2. The number of amides is 2. The van der Waals surface area contributed by atoms with Crippen LogP contribution in [0.15, 0.2) is 51.0 Å². The number of phenols is 1. The van der Waals surface area contributed by atoms with Crippen molar-refractivity contribution in [1.29, 1.82) is 0 Å². The number of nitrogens with zero attached hydrogens (tertiary/aromatic N) is 2. The van der Waals surface area contributed by atoms with Crippen molar-refractivity contribution in [1.82, 2.24) is 9.88 Å². The van der Waals surface area contributed by atoms with Gasteiger partial charge in [0.05, 0.1) is 15.7 Å². The van der Waals surface area contributed by atoms with Crippen molar-refractivity contribution in [3.63, 3.8) is 0 Å². The van der Waals surface area contributed by atoms with E-state index in [4.69, 9.17) is 34.8 Å². The molecule has 0 aliphatic carbocycles. The number of phenolic OH excluding ortho intramolecular Hbond substituents is 1. The lowest BCUT2D eigenvalue weighted by molar-refractivity contribution is -0.128. The monoisotopic (exact) mass is 641 g/mol. The molecule has 7 nitrogen and oxygen atoms in total. The van der Waals surface area contributed by atoms with E-state index < -0.39 is 28.0 Å². The molecule has 0 spiro atoms. The van der Waals surface area contributed by atoms with Crippen molar-refractivity contribution in [2.24, 2.45) is 5.41 Å². The normalized spacial score (nSPS) is 16.7. The molecule has 1 aromatic heterocycles. The van der Waals surface area contributed by atoms with Crippen LogP contribution in [0.4, 0.5) is 14.5 Å². The molecule has 3 heterocycles. The van der Waals surface area contributed by atoms with E-state index in [1.165, 1.54) is 23.1 Å². The zero-order chi connectivity index (χ0) is 29.9. The second kappa shape index (κ2) is 10.8. The summed E-state index contributed by atoms with van der Waals surface area (Å²) in [5.41, 5.74) is -1.23. The lowest BCUT2D eigenvalue weighted by Crippen LogP contribution is -2.46. The summed E-state index contributed by atoms with van der Waals surface area (Å²) in [7, 11) is 0. The fraction of sp³-hybridized carbons (Fsp3) is 0.321. The highest BCUT2D eigenvalue weighted by atomic mass is 35.5. The summed E-state index contributed by atoms with van der Waals surface area (Å²) < 4.78 is 28.0. The number of pyridine rings is 1. The molecular weight excluding hydrogens is 619 g/mol. The Morgan fingerprint density at radius 1 is 1.10 bits per heavy atom. The first-order valence-corrected chi connectivity index (χ1v) is 14.5. The molecule has 13 heteroatoms. The van der Waals surface area contributed by atoms with Crippen molar-refractivity contribution in [2.45, 2.75) is 55.0 Å². The Morgan fingerprint density at radius 3 is 2.37 bits per heavy atom. The van der Waals surface area contributed by atoms with E-state index in [0.717, 1.165) is 30.7 Å². The van der Waals surface area contributed by atoms with Crippen LogP contribution in [0.2, 0.25) is 10.0 Å². The highest BCUT2D eigenvalue weighted by Gasteiger charge is 2.38. The third-order valence-corrected chi connectivity index (χ3v) is 9.50. The molecule has 1 saturated heterocycles. The summed E-state index contributed by atoms with van der Waals surface area (Å²) >= 11 is 18.6. The number of carbonyl (C=O) groups excluding carboxylic acids is 2. The maximum absolute atomic E-state index is 14.0. The summed E-state index contributed by atoms with van der Waals surface area (Å²) in [5.74, 6) is -0.929. The number of fused-ring (bicyclic) bond motifs is 1. The summed E-state index contributed by atoms with van der Waals surface area (Å²) in [6.45, 7) is 4.29. The highest BCUT2D eigenvalue weighted by molar-refractivity contribution is 7.99. The van der Waals surface area contributed by atoms with E-state index in [-0.39, 0.29) is 50.1 Å². The fourth-order valence-corrected chi connectivity index (χ4v) is 6.83. The minimum absolute atomic E-state index is 0.0469. The minimum atomic E-state index is -3.90. The summed E-state index contributed by atoms with van der Waals surface area (Å²) in [5, 5.41) is 7.30. The van der Waals surface area contributed by atoms with E-state index in [1.54, 1.807) is 17.0 Å². The highest BCUT2D eigenvalue weighted by Crippen LogP contribution is 2.43. The molecule has 0 saturated carbocycles. The first kappa shape index (κ1) is 29.7. The van der Waals surface area contributed by atoms with E-state index in [2.05, 4.69) is 0 Å². The lowest BCUT2D eigenvalue weighted by Gasteiger charge is -2.37. The predicted octanol–water partition coefficient (Wildman–Crippen LogP) is 7.14. The van der Waals surface area contributed by atoms with Crippen molar-refractivity contribution >= 4 is 64.1 Å². The van der Waals surface area contributed by atoms with Crippen LogP contribution in [0.3, 0.4) is 0 Å². The second-order valence-electron chi connectivity index (χ2n) is 10.6. The Bertz CT molecular complexity index is 1620. The van der Waals surface area contributed by atoms with Crippen molar-refractivity contribution in [2.75, 3.05) is 11.4 Å². The molecule has 0 atom stereocenters. The Kier molecular flexibility index (Phi) is 7.82. The Labute approximate surface area is 253 Å². The number of carbonyl (C=O) groups is 2. The van der Waals surface area contributed by atoms with Crippen LogP contribution in [0.5, 0.6) is 5.75 Å². The van der Waals surface area contributed by atoms with Crippen molar-refractivity contribution in [3.8, 4) is 5.75 Å². The Hall–Kier alpha value is -2.79. The number of H-pyrrole nitrogens is 1. The van der Waals surface area contributed by atoms with E-state index in [9.17, 15) is 28.3 Å². The maximum atomic E-state index is 14.0. The van der Waals surface area contributed by atoms with Gasteiger partial charge in [-0.2, -0.15) is 8.78 Å². The summed E-state index contributed by atoms with van der Waals surface area (Å²) in [4.78, 5) is 45.0. The van der Waals surface area contributed by atoms with Gasteiger partial charge in [-0.15, -0.1) is 0 Å².